The van der Waals surface area contributed by atoms with Gasteiger partial charge < -0.3 is 10.4 Å². The number of carboxylic acid groups (broad SMARTS) is 1. The van der Waals surface area contributed by atoms with Gasteiger partial charge in [0.1, 0.15) is 22.1 Å². The van der Waals surface area contributed by atoms with E-state index in [1.807, 2.05) is 6.92 Å². The van der Waals surface area contributed by atoms with E-state index in [-0.39, 0.29) is 28.3 Å². The molecular weight excluding hydrogens is 306 g/mol. The number of carbonyl (C=O) groups excluding carboxylic acids is 1. The van der Waals surface area contributed by atoms with Gasteiger partial charge in [0.05, 0.1) is 5.39 Å². The molecule has 22 heavy (non-hydrogen) atoms. The van der Waals surface area contributed by atoms with Crippen LogP contribution in [0.2, 0.25) is 0 Å². The van der Waals surface area contributed by atoms with Gasteiger partial charge in [-0.25, -0.2) is 9.78 Å². The average Bonchev–Trinajstić information content (AvgIpc) is 2.78. The lowest BCUT2D eigenvalue weighted by atomic mass is 10.2. The van der Waals surface area contributed by atoms with Crippen molar-refractivity contribution >= 4 is 33.4 Å². The highest BCUT2D eigenvalue weighted by atomic mass is 32.1. The molecule has 0 spiro atoms. The van der Waals surface area contributed by atoms with Crippen molar-refractivity contribution in [1.82, 2.24) is 14.9 Å². The highest BCUT2D eigenvalue weighted by Crippen LogP contribution is 2.27. The summed E-state index contributed by atoms with van der Waals surface area (Å²) in [5.41, 5.74) is 0.0168. The standard InChI is InChI=1S/C14H17N3O4S/c1-4-5-15-9(18)6-17-8(3)16-12-10(13(17)19)7(2)11(22-12)14(20)21/h4-6H2,1-3H3,(H,15,18)(H,20,21). The normalized spacial score (nSPS) is 10.9. The summed E-state index contributed by atoms with van der Waals surface area (Å²) in [6.07, 6.45) is 0.808. The van der Waals surface area contributed by atoms with E-state index in [9.17, 15) is 14.4 Å². The van der Waals surface area contributed by atoms with Crippen LogP contribution in [0.3, 0.4) is 0 Å². The molecule has 7 nitrogen and oxygen atoms in total. The molecule has 0 atom stereocenters. The van der Waals surface area contributed by atoms with Gasteiger partial charge in [-0.1, -0.05) is 6.92 Å². The molecule has 0 unspecified atom stereocenters. The predicted octanol–water partition coefficient (Wildman–Crippen LogP) is 1.30. The molecule has 2 aromatic rings. The molecule has 0 aliphatic heterocycles. The van der Waals surface area contributed by atoms with Crippen molar-refractivity contribution in [3.63, 3.8) is 0 Å². The van der Waals surface area contributed by atoms with Gasteiger partial charge in [0.2, 0.25) is 5.91 Å². The molecule has 2 N–H and O–H groups in total. The van der Waals surface area contributed by atoms with E-state index in [4.69, 9.17) is 5.11 Å². The number of rotatable bonds is 5. The first-order valence-corrected chi connectivity index (χ1v) is 7.69. The van der Waals surface area contributed by atoms with Gasteiger partial charge in [-0.05, 0) is 25.8 Å². The predicted molar refractivity (Wildman–Crippen MR) is 83.6 cm³/mol. The second kappa shape index (κ2) is 6.27. The number of hydrogen-bond donors (Lipinski definition) is 2. The van der Waals surface area contributed by atoms with Crippen LogP contribution in [-0.2, 0) is 11.3 Å². The number of amides is 1. The zero-order valence-electron chi connectivity index (χ0n) is 12.6. The molecule has 0 bridgehead atoms. The van der Waals surface area contributed by atoms with Gasteiger partial charge in [0.25, 0.3) is 5.56 Å². The third-order valence-electron chi connectivity index (χ3n) is 3.31. The molecule has 8 heteroatoms. The van der Waals surface area contributed by atoms with Crippen molar-refractivity contribution in [2.75, 3.05) is 6.54 Å². The Labute approximate surface area is 130 Å². The van der Waals surface area contributed by atoms with Crippen LogP contribution >= 0.6 is 11.3 Å². The zero-order valence-corrected chi connectivity index (χ0v) is 13.4. The topological polar surface area (TPSA) is 101 Å². The summed E-state index contributed by atoms with van der Waals surface area (Å²) in [6, 6.07) is 0. The number of aromatic carboxylic acids is 1. The molecule has 0 aliphatic carbocycles. The summed E-state index contributed by atoms with van der Waals surface area (Å²) in [5.74, 6) is -0.952. The maximum Gasteiger partial charge on any atom is 0.346 e. The number of fused-ring (bicyclic) bond motifs is 1. The fourth-order valence-electron chi connectivity index (χ4n) is 2.17. The van der Waals surface area contributed by atoms with Crippen molar-refractivity contribution < 1.29 is 14.7 Å². The molecule has 2 rings (SSSR count). The van der Waals surface area contributed by atoms with E-state index in [1.165, 1.54) is 4.57 Å². The molecule has 0 saturated heterocycles. The Balaban J connectivity index is 2.52. The highest BCUT2D eigenvalue weighted by Gasteiger charge is 2.20. The quantitative estimate of drug-likeness (QED) is 0.863. The van der Waals surface area contributed by atoms with E-state index in [0.29, 0.717) is 22.8 Å². The van der Waals surface area contributed by atoms with E-state index in [0.717, 1.165) is 17.8 Å². The molecule has 2 aromatic heterocycles. The first-order valence-electron chi connectivity index (χ1n) is 6.87. The zero-order chi connectivity index (χ0) is 16.4. The maximum atomic E-state index is 12.6. The Kier molecular flexibility index (Phi) is 4.60. The van der Waals surface area contributed by atoms with Gasteiger partial charge >= 0.3 is 5.97 Å². The van der Waals surface area contributed by atoms with Gasteiger partial charge in [-0.3, -0.25) is 14.2 Å². The number of nitrogens with one attached hydrogen (secondary N) is 1. The molecule has 0 radical (unpaired) electrons. The minimum Gasteiger partial charge on any atom is -0.477 e. The number of nitrogens with zero attached hydrogens (tertiary/aromatic N) is 2. The van der Waals surface area contributed by atoms with Crippen LogP contribution in [0.15, 0.2) is 4.79 Å². The Morgan fingerprint density at radius 2 is 2.05 bits per heavy atom. The second-order valence-corrected chi connectivity index (χ2v) is 5.94. The Hall–Kier alpha value is -2.22. The third-order valence-corrected chi connectivity index (χ3v) is 4.48. The third kappa shape index (κ3) is 2.87. The van der Waals surface area contributed by atoms with Crippen LogP contribution in [0.5, 0.6) is 0 Å². The fourth-order valence-corrected chi connectivity index (χ4v) is 3.23. The molecule has 0 fully saturated rings. The maximum absolute atomic E-state index is 12.6. The summed E-state index contributed by atoms with van der Waals surface area (Å²) in [4.78, 5) is 40.3. The Bertz CT molecular complexity index is 807. The number of carboxylic acids is 1. The van der Waals surface area contributed by atoms with E-state index >= 15 is 0 Å². The van der Waals surface area contributed by atoms with Crippen LogP contribution in [0, 0.1) is 13.8 Å². The smallest absolute Gasteiger partial charge is 0.346 e. The highest BCUT2D eigenvalue weighted by molar-refractivity contribution is 7.20. The first-order chi connectivity index (χ1) is 10.4. The van der Waals surface area contributed by atoms with Crippen molar-refractivity contribution in [2.45, 2.75) is 33.7 Å². The van der Waals surface area contributed by atoms with Gasteiger partial charge in [-0.15, -0.1) is 11.3 Å². The van der Waals surface area contributed by atoms with Crippen molar-refractivity contribution in [3.05, 3.63) is 26.6 Å². The minimum absolute atomic E-state index is 0.104. The number of carbonyl (C=O) groups is 2. The Morgan fingerprint density at radius 3 is 2.64 bits per heavy atom. The SMILES string of the molecule is CCCNC(=O)Cn1c(C)nc2sc(C(=O)O)c(C)c2c1=O. The summed E-state index contributed by atoms with van der Waals surface area (Å²) in [6.45, 7) is 5.58. The van der Waals surface area contributed by atoms with Gasteiger partial charge in [0.15, 0.2) is 0 Å². The molecule has 0 aliphatic rings. The number of aryl methyl sites for hydroxylation is 2. The monoisotopic (exact) mass is 323 g/mol. The largest absolute Gasteiger partial charge is 0.477 e. The number of hydrogen-bond acceptors (Lipinski definition) is 5. The lowest BCUT2D eigenvalue weighted by Crippen LogP contribution is -2.34. The number of aromatic nitrogens is 2. The van der Waals surface area contributed by atoms with Crippen molar-refractivity contribution in [3.8, 4) is 0 Å². The molecule has 118 valence electrons. The summed E-state index contributed by atoms with van der Waals surface area (Å²) >= 11 is 0.977. The molecule has 1 amide bonds. The van der Waals surface area contributed by atoms with Gasteiger partial charge in [-0.2, -0.15) is 0 Å². The van der Waals surface area contributed by atoms with Gasteiger partial charge in [0, 0.05) is 6.54 Å². The summed E-state index contributed by atoms with van der Waals surface area (Å²) in [5, 5.41) is 12.1. The van der Waals surface area contributed by atoms with Crippen LogP contribution in [-0.4, -0.2) is 33.1 Å². The number of thiophene rings is 1. The second-order valence-electron chi connectivity index (χ2n) is 4.94. The summed E-state index contributed by atoms with van der Waals surface area (Å²) < 4.78 is 1.28. The van der Waals surface area contributed by atoms with E-state index in [2.05, 4.69) is 10.3 Å². The van der Waals surface area contributed by atoms with Crippen LogP contribution in [0.4, 0.5) is 0 Å². The minimum atomic E-state index is -1.08. The average molecular weight is 323 g/mol. The molecule has 2 heterocycles. The van der Waals surface area contributed by atoms with E-state index < -0.39 is 5.97 Å². The summed E-state index contributed by atoms with van der Waals surface area (Å²) in [7, 11) is 0. The van der Waals surface area contributed by atoms with E-state index in [1.54, 1.807) is 13.8 Å². The molecule has 0 aromatic carbocycles. The first kappa shape index (κ1) is 16.2. The lowest BCUT2D eigenvalue weighted by Gasteiger charge is -2.09. The molecule has 0 saturated carbocycles. The Morgan fingerprint density at radius 1 is 1.36 bits per heavy atom. The van der Waals surface area contributed by atoms with Crippen LogP contribution < -0.4 is 10.9 Å². The molecular formula is C14H17N3O4S. The van der Waals surface area contributed by atoms with Crippen molar-refractivity contribution in [1.29, 1.82) is 0 Å². The fraction of sp³-hybridized carbons (Fsp3) is 0.429. The van der Waals surface area contributed by atoms with Crippen molar-refractivity contribution in [2.24, 2.45) is 0 Å². The van der Waals surface area contributed by atoms with Crippen LogP contribution in [0.25, 0.3) is 10.2 Å². The van der Waals surface area contributed by atoms with Crippen LogP contribution in [0.1, 0.15) is 34.4 Å². The lowest BCUT2D eigenvalue weighted by molar-refractivity contribution is -0.121.